The Morgan fingerprint density at radius 2 is 0.590 bits per heavy atom. The first-order chi connectivity index (χ1) is 37.5. The van der Waals surface area contributed by atoms with Gasteiger partial charge in [0.15, 0.2) is 12.2 Å². The Hall–Kier alpha value is -1.94. The van der Waals surface area contributed by atoms with E-state index >= 15 is 0 Å². The van der Waals surface area contributed by atoms with Crippen LogP contribution in [0.2, 0.25) is 0 Å². The molecule has 0 radical (unpaired) electrons. The van der Waals surface area contributed by atoms with E-state index in [9.17, 15) is 43.2 Å². The fraction of sp³-hybridized carbons (Fsp3) is 0.932. The summed E-state index contributed by atoms with van der Waals surface area (Å²) < 4.78 is 67.5. The number of hydrogen-bond donors (Lipinski definition) is 3. The van der Waals surface area contributed by atoms with Gasteiger partial charge in [0.25, 0.3) is 0 Å². The fourth-order valence-corrected chi connectivity index (χ4v) is 10.3. The zero-order valence-corrected chi connectivity index (χ0v) is 51.6. The summed E-state index contributed by atoms with van der Waals surface area (Å²) in [6.45, 7) is 7.05. The lowest BCUT2D eigenvalue weighted by atomic mass is 10.0. The lowest BCUT2D eigenvalue weighted by Crippen LogP contribution is -2.30. The van der Waals surface area contributed by atoms with Gasteiger partial charge in [0.2, 0.25) is 0 Å². The molecule has 0 rings (SSSR count). The summed E-state index contributed by atoms with van der Waals surface area (Å²) in [6.07, 6.45) is 35.1. The summed E-state index contributed by atoms with van der Waals surface area (Å²) in [4.78, 5) is 71.7. The molecule has 0 bridgehead atoms. The maximum Gasteiger partial charge on any atom is 0.472 e. The van der Waals surface area contributed by atoms with Crippen molar-refractivity contribution in [2.45, 2.75) is 310 Å². The molecule has 19 heteroatoms. The summed E-state index contributed by atoms with van der Waals surface area (Å²) in [5.74, 6) is -1.39. The first-order valence-corrected chi connectivity index (χ1v) is 34.1. The predicted molar refractivity (Wildman–Crippen MR) is 308 cm³/mol. The van der Waals surface area contributed by atoms with Crippen LogP contribution in [0, 0.1) is 5.92 Å². The molecule has 5 atom stereocenters. The third-order valence-corrected chi connectivity index (χ3v) is 15.4. The molecule has 3 N–H and O–H groups in total. The molecule has 0 aliphatic heterocycles. The maximum absolute atomic E-state index is 12.9. The Balaban J connectivity index is 5.17. The van der Waals surface area contributed by atoms with Crippen LogP contribution in [0.1, 0.15) is 291 Å². The van der Waals surface area contributed by atoms with Crippen LogP contribution in [0.15, 0.2) is 0 Å². The van der Waals surface area contributed by atoms with Gasteiger partial charge >= 0.3 is 39.5 Å². The minimum absolute atomic E-state index is 0.105. The molecule has 462 valence electrons. The Morgan fingerprint density at radius 3 is 0.872 bits per heavy atom. The van der Waals surface area contributed by atoms with Gasteiger partial charge in [-0.1, -0.05) is 240 Å². The molecule has 2 unspecified atom stereocenters. The number of carbonyl (C=O) groups is 4. The molecule has 0 spiro atoms. The fourth-order valence-electron chi connectivity index (χ4n) is 8.70. The number of aliphatic hydroxyl groups is 1. The van der Waals surface area contributed by atoms with Gasteiger partial charge in [0.1, 0.15) is 19.3 Å². The van der Waals surface area contributed by atoms with E-state index in [1.807, 2.05) is 0 Å². The van der Waals surface area contributed by atoms with E-state index in [0.717, 1.165) is 102 Å². The third-order valence-electron chi connectivity index (χ3n) is 13.5. The lowest BCUT2D eigenvalue weighted by molar-refractivity contribution is -0.161. The molecule has 0 aromatic heterocycles. The second-order valence-corrected chi connectivity index (χ2v) is 24.8. The Morgan fingerprint density at radius 1 is 0.346 bits per heavy atom. The first-order valence-electron chi connectivity index (χ1n) is 31.1. The van der Waals surface area contributed by atoms with Crippen molar-refractivity contribution in [2.24, 2.45) is 5.92 Å². The van der Waals surface area contributed by atoms with Crippen molar-refractivity contribution >= 4 is 39.5 Å². The van der Waals surface area contributed by atoms with Crippen molar-refractivity contribution in [3.63, 3.8) is 0 Å². The van der Waals surface area contributed by atoms with E-state index in [1.54, 1.807) is 0 Å². The molecular formula is C59H114O17P2. The van der Waals surface area contributed by atoms with E-state index in [4.69, 9.17) is 37.0 Å². The normalized spacial score (nSPS) is 14.4. The Bertz CT molecular complexity index is 1530. The second kappa shape index (κ2) is 53.1. The summed E-state index contributed by atoms with van der Waals surface area (Å²) >= 11 is 0. The quantitative estimate of drug-likeness (QED) is 0.0222. The van der Waals surface area contributed by atoms with Crippen LogP contribution in [0.5, 0.6) is 0 Å². The summed E-state index contributed by atoms with van der Waals surface area (Å²) in [7, 11) is -9.86. The van der Waals surface area contributed by atoms with Crippen LogP contribution < -0.4 is 0 Å². The predicted octanol–water partition coefficient (Wildman–Crippen LogP) is 15.8. The molecule has 0 heterocycles. The van der Waals surface area contributed by atoms with Gasteiger partial charge in [0, 0.05) is 25.7 Å². The highest BCUT2D eigenvalue weighted by molar-refractivity contribution is 7.47. The number of rotatable bonds is 59. The average Bonchev–Trinajstić information content (AvgIpc) is 3.40. The number of hydrogen-bond acceptors (Lipinski definition) is 15. The first kappa shape index (κ1) is 76.1. The van der Waals surface area contributed by atoms with Crippen LogP contribution in [-0.2, 0) is 65.4 Å². The smallest absolute Gasteiger partial charge is 0.462 e. The van der Waals surface area contributed by atoms with Crippen LogP contribution >= 0.6 is 15.6 Å². The SMILES string of the molecule is CCCCCCCCCCCCC(=O)OC[C@H](COP(=O)(O)OC[C@@H](O)COP(=O)(O)OC[C@@H](COC(=O)CCCCCCC)OC(=O)CCCCCCCCCCC)OC(=O)CCCCCCCCCCCCCC(C)C. The number of unbranched alkanes of at least 4 members (excludes halogenated alkanes) is 31. The van der Waals surface area contributed by atoms with Crippen LogP contribution in [-0.4, -0.2) is 96.7 Å². The molecule has 78 heavy (non-hydrogen) atoms. The van der Waals surface area contributed by atoms with E-state index in [-0.39, 0.29) is 25.7 Å². The molecule has 0 aromatic carbocycles. The molecule has 0 aliphatic rings. The standard InChI is InChI=1S/C59H114O17P2/c1-6-9-12-15-17-19-25-28-33-38-43-57(62)70-49-55(76-59(64)45-40-35-30-26-22-20-21-24-27-32-36-41-52(4)5)51-74-78(67,68)72-47-53(60)46-71-77(65,66)73-50-54(48-69-56(61)42-37-31-14-11-8-3)75-58(63)44-39-34-29-23-18-16-13-10-7-2/h52-55,60H,6-51H2,1-5H3,(H,65,66)(H,67,68)/t53-,54+,55+/m0/s1. The van der Waals surface area contributed by atoms with Gasteiger partial charge in [-0.25, -0.2) is 9.13 Å². The molecular weight excluding hydrogens is 1040 g/mol. The van der Waals surface area contributed by atoms with E-state index in [0.29, 0.717) is 25.7 Å². The zero-order valence-electron chi connectivity index (χ0n) is 49.8. The Kier molecular flexibility index (Phi) is 51.8. The number of phosphoric acid groups is 2. The van der Waals surface area contributed by atoms with Crippen molar-refractivity contribution in [2.75, 3.05) is 39.6 Å². The summed E-state index contributed by atoms with van der Waals surface area (Å²) in [5.41, 5.74) is 0. The molecule has 0 saturated carbocycles. The second-order valence-electron chi connectivity index (χ2n) is 21.9. The molecule has 0 amide bonds. The highest BCUT2D eigenvalue weighted by atomic mass is 31.2. The van der Waals surface area contributed by atoms with E-state index in [1.165, 1.54) is 109 Å². The van der Waals surface area contributed by atoms with E-state index < -0.39 is 97.5 Å². The highest BCUT2D eigenvalue weighted by Crippen LogP contribution is 2.45. The van der Waals surface area contributed by atoms with Crippen molar-refractivity contribution in [1.82, 2.24) is 0 Å². The van der Waals surface area contributed by atoms with Crippen molar-refractivity contribution < 1.29 is 80.2 Å². The van der Waals surface area contributed by atoms with Gasteiger partial charge in [-0.3, -0.25) is 37.3 Å². The zero-order chi connectivity index (χ0) is 57.8. The molecule has 0 aliphatic carbocycles. The molecule has 17 nitrogen and oxygen atoms in total. The lowest BCUT2D eigenvalue weighted by Gasteiger charge is -2.21. The topological polar surface area (TPSA) is 237 Å². The van der Waals surface area contributed by atoms with E-state index in [2.05, 4.69) is 34.6 Å². The van der Waals surface area contributed by atoms with Crippen LogP contribution in [0.25, 0.3) is 0 Å². The monoisotopic (exact) mass is 1160 g/mol. The van der Waals surface area contributed by atoms with Crippen molar-refractivity contribution in [3.8, 4) is 0 Å². The number of phosphoric ester groups is 2. The highest BCUT2D eigenvalue weighted by Gasteiger charge is 2.30. The van der Waals surface area contributed by atoms with Gasteiger partial charge in [-0.2, -0.15) is 0 Å². The third kappa shape index (κ3) is 53.4. The number of carbonyl (C=O) groups excluding carboxylic acids is 4. The van der Waals surface area contributed by atoms with Crippen LogP contribution in [0.4, 0.5) is 0 Å². The van der Waals surface area contributed by atoms with Gasteiger partial charge < -0.3 is 33.8 Å². The number of ether oxygens (including phenoxy) is 4. The maximum atomic E-state index is 12.9. The van der Waals surface area contributed by atoms with Crippen molar-refractivity contribution in [3.05, 3.63) is 0 Å². The van der Waals surface area contributed by atoms with Gasteiger partial charge in [-0.15, -0.1) is 0 Å². The number of aliphatic hydroxyl groups excluding tert-OH is 1. The largest absolute Gasteiger partial charge is 0.472 e. The number of esters is 4. The summed E-state index contributed by atoms with van der Waals surface area (Å²) in [5, 5.41) is 10.5. The molecule has 0 saturated heterocycles. The minimum atomic E-state index is -4.94. The van der Waals surface area contributed by atoms with Gasteiger partial charge in [-0.05, 0) is 31.6 Å². The summed E-state index contributed by atoms with van der Waals surface area (Å²) in [6, 6.07) is 0. The Labute approximate surface area is 473 Å². The van der Waals surface area contributed by atoms with Crippen LogP contribution in [0.3, 0.4) is 0 Å². The van der Waals surface area contributed by atoms with Crippen molar-refractivity contribution in [1.29, 1.82) is 0 Å². The van der Waals surface area contributed by atoms with Gasteiger partial charge in [0.05, 0.1) is 26.4 Å². The molecule has 0 aromatic rings. The average molecular weight is 1160 g/mol. The molecule has 0 fully saturated rings. The minimum Gasteiger partial charge on any atom is -0.462 e.